The van der Waals surface area contributed by atoms with Gasteiger partial charge in [0.15, 0.2) is 0 Å². The minimum Gasteiger partial charge on any atom is -0.387 e. The van der Waals surface area contributed by atoms with Crippen molar-refractivity contribution in [2.75, 3.05) is 0 Å². The highest BCUT2D eigenvalue weighted by molar-refractivity contribution is 6.30. The van der Waals surface area contributed by atoms with Crippen LogP contribution in [0.4, 0.5) is 0 Å². The molecule has 1 saturated carbocycles. The molecule has 3 rings (SSSR count). The quantitative estimate of drug-likeness (QED) is 0.895. The van der Waals surface area contributed by atoms with E-state index in [1.165, 1.54) is 5.57 Å². The van der Waals surface area contributed by atoms with Crippen molar-refractivity contribution in [1.82, 2.24) is 9.55 Å². The van der Waals surface area contributed by atoms with Gasteiger partial charge in [0, 0.05) is 17.4 Å². The molecule has 1 N–H and O–H groups in total. The zero-order chi connectivity index (χ0) is 16.5. The number of aromatic nitrogens is 2. The highest BCUT2D eigenvalue weighted by Gasteiger charge is 2.46. The summed E-state index contributed by atoms with van der Waals surface area (Å²) in [7, 11) is 0. The van der Waals surface area contributed by atoms with Gasteiger partial charge in [-0.05, 0) is 42.4 Å². The molecule has 0 radical (unpaired) electrons. The van der Waals surface area contributed by atoms with Gasteiger partial charge in [0.2, 0.25) is 0 Å². The number of hydrogen-bond donors (Lipinski definition) is 1. The van der Waals surface area contributed by atoms with Gasteiger partial charge in [0.25, 0.3) is 0 Å². The van der Waals surface area contributed by atoms with Crippen molar-refractivity contribution in [3.05, 3.63) is 59.1 Å². The third-order valence-corrected chi connectivity index (χ3v) is 5.35. The maximum absolute atomic E-state index is 11.4. The van der Waals surface area contributed by atoms with Crippen LogP contribution < -0.4 is 0 Å². The Bertz CT molecular complexity index is 689. The average Bonchev–Trinajstić information content (AvgIpc) is 2.98. The van der Waals surface area contributed by atoms with Crippen molar-refractivity contribution in [2.24, 2.45) is 5.41 Å². The smallest absolute Gasteiger partial charge is 0.0946 e. The number of aliphatic hydroxyl groups is 1. The molecule has 1 heterocycles. The lowest BCUT2D eigenvalue weighted by Crippen LogP contribution is -2.50. The Balaban J connectivity index is 1.84. The van der Waals surface area contributed by atoms with Crippen molar-refractivity contribution >= 4 is 17.7 Å². The van der Waals surface area contributed by atoms with Gasteiger partial charge in [0.05, 0.1) is 18.5 Å². The van der Waals surface area contributed by atoms with Gasteiger partial charge in [0.1, 0.15) is 0 Å². The molecule has 1 aliphatic carbocycles. The maximum Gasteiger partial charge on any atom is 0.0946 e. The molecule has 0 amide bonds. The largest absolute Gasteiger partial charge is 0.387 e. The fourth-order valence-electron chi connectivity index (χ4n) is 3.28. The first-order chi connectivity index (χ1) is 10.9. The van der Waals surface area contributed by atoms with Gasteiger partial charge in [-0.25, -0.2) is 4.98 Å². The molecule has 4 heteroatoms. The van der Waals surface area contributed by atoms with E-state index in [0.717, 1.165) is 23.4 Å². The Hall–Kier alpha value is -1.58. The number of hydrogen-bond acceptors (Lipinski definition) is 2. The van der Waals surface area contributed by atoms with Crippen molar-refractivity contribution in [3.63, 3.8) is 0 Å². The minimum absolute atomic E-state index is 0.130. The fraction of sp³-hybridized carbons (Fsp3) is 0.421. The monoisotopic (exact) mass is 330 g/mol. The van der Waals surface area contributed by atoms with E-state index in [1.54, 1.807) is 12.5 Å². The van der Waals surface area contributed by atoms with Crippen LogP contribution in [0.3, 0.4) is 0 Å². The lowest BCUT2D eigenvalue weighted by atomic mass is 9.63. The maximum atomic E-state index is 11.4. The molecule has 1 aliphatic rings. The summed E-state index contributed by atoms with van der Waals surface area (Å²) in [6.07, 6.45) is 10.3. The first-order valence-corrected chi connectivity index (χ1v) is 8.39. The minimum atomic E-state index is -0.774. The van der Waals surface area contributed by atoms with Crippen LogP contribution in [-0.4, -0.2) is 20.3 Å². The average molecular weight is 331 g/mol. The lowest BCUT2D eigenvalue weighted by molar-refractivity contribution is -0.0943. The second-order valence-electron chi connectivity index (χ2n) is 7.18. The van der Waals surface area contributed by atoms with Crippen LogP contribution >= 0.6 is 11.6 Å². The van der Waals surface area contributed by atoms with E-state index < -0.39 is 5.60 Å². The molecule has 1 atom stereocenters. The standard InChI is InChI=1S/C19H23ClN2O/c1-18(2)8-7-16(11-15-3-5-17(20)6-4-15)12-19(18,23)13-22-10-9-21-14-22/h3-6,9-11,14,23H,7-8,12-13H2,1-2H3/b16-11+/t19-/m1/s1. The number of rotatable bonds is 3. The first kappa shape index (κ1) is 16.3. The Labute approximate surface area is 142 Å². The lowest BCUT2D eigenvalue weighted by Gasteiger charge is -2.47. The molecule has 0 spiro atoms. The molecule has 0 bridgehead atoms. The van der Waals surface area contributed by atoms with E-state index in [0.29, 0.717) is 13.0 Å². The summed E-state index contributed by atoms with van der Waals surface area (Å²) in [4.78, 5) is 4.09. The summed E-state index contributed by atoms with van der Waals surface area (Å²) in [5.41, 5.74) is 1.52. The molecule has 122 valence electrons. The topological polar surface area (TPSA) is 38.0 Å². The normalized spacial score (nSPS) is 25.7. The second-order valence-corrected chi connectivity index (χ2v) is 7.62. The number of halogens is 1. The van der Waals surface area contributed by atoms with Gasteiger partial charge in [-0.1, -0.05) is 49.2 Å². The molecule has 0 aliphatic heterocycles. The summed E-state index contributed by atoms with van der Waals surface area (Å²) in [6.45, 7) is 4.88. The van der Waals surface area contributed by atoms with Crippen LogP contribution in [0, 0.1) is 5.41 Å². The van der Waals surface area contributed by atoms with E-state index in [1.807, 2.05) is 35.0 Å². The molecule has 0 saturated heterocycles. The van der Waals surface area contributed by atoms with E-state index in [4.69, 9.17) is 11.6 Å². The highest BCUT2D eigenvalue weighted by atomic mass is 35.5. The predicted octanol–water partition coefficient (Wildman–Crippen LogP) is 4.56. The highest BCUT2D eigenvalue weighted by Crippen LogP contribution is 2.47. The third-order valence-electron chi connectivity index (χ3n) is 5.09. The summed E-state index contributed by atoms with van der Waals surface area (Å²) in [5, 5.41) is 12.1. The summed E-state index contributed by atoms with van der Waals surface area (Å²) >= 11 is 5.95. The van der Waals surface area contributed by atoms with Gasteiger partial charge in [-0.15, -0.1) is 0 Å². The summed E-state index contributed by atoms with van der Waals surface area (Å²) in [5.74, 6) is 0. The van der Waals surface area contributed by atoms with Crippen LogP contribution in [0.2, 0.25) is 5.02 Å². The van der Waals surface area contributed by atoms with Crippen LogP contribution in [0.25, 0.3) is 6.08 Å². The molecule has 1 aromatic heterocycles. The van der Waals surface area contributed by atoms with Gasteiger partial charge in [-0.2, -0.15) is 0 Å². The van der Waals surface area contributed by atoms with Crippen molar-refractivity contribution < 1.29 is 5.11 Å². The molecular formula is C19H23ClN2O. The molecule has 0 unspecified atom stereocenters. The molecule has 23 heavy (non-hydrogen) atoms. The van der Waals surface area contributed by atoms with E-state index in [-0.39, 0.29) is 5.41 Å². The van der Waals surface area contributed by atoms with Crippen molar-refractivity contribution in [2.45, 2.75) is 45.3 Å². The molecule has 1 fully saturated rings. The van der Waals surface area contributed by atoms with Crippen LogP contribution in [0.15, 0.2) is 48.6 Å². The zero-order valence-corrected chi connectivity index (χ0v) is 14.4. The number of benzene rings is 1. The Kier molecular flexibility index (Phi) is 4.35. The van der Waals surface area contributed by atoms with Gasteiger partial charge < -0.3 is 9.67 Å². The first-order valence-electron chi connectivity index (χ1n) is 8.01. The Morgan fingerprint density at radius 1 is 1.30 bits per heavy atom. The third kappa shape index (κ3) is 3.51. The van der Waals surface area contributed by atoms with Crippen LogP contribution in [0.5, 0.6) is 0 Å². The van der Waals surface area contributed by atoms with Gasteiger partial charge in [-0.3, -0.25) is 0 Å². The van der Waals surface area contributed by atoms with E-state index >= 15 is 0 Å². The molecular weight excluding hydrogens is 308 g/mol. The van der Waals surface area contributed by atoms with Gasteiger partial charge >= 0.3 is 0 Å². The second kappa shape index (κ2) is 6.14. The molecule has 2 aromatic rings. The van der Waals surface area contributed by atoms with E-state index in [2.05, 4.69) is 24.9 Å². The Morgan fingerprint density at radius 3 is 2.70 bits per heavy atom. The summed E-state index contributed by atoms with van der Waals surface area (Å²) in [6, 6.07) is 7.84. The fourth-order valence-corrected chi connectivity index (χ4v) is 3.41. The van der Waals surface area contributed by atoms with Crippen LogP contribution in [-0.2, 0) is 6.54 Å². The molecule has 3 nitrogen and oxygen atoms in total. The predicted molar refractivity (Wildman–Crippen MR) is 94.2 cm³/mol. The zero-order valence-electron chi connectivity index (χ0n) is 13.7. The van der Waals surface area contributed by atoms with Crippen molar-refractivity contribution in [1.29, 1.82) is 0 Å². The number of nitrogens with zero attached hydrogens (tertiary/aromatic N) is 2. The van der Waals surface area contributed by atoms with E-state index in [9.17, 15) is 5.11 Å². The number of imidazole rings is 1. The summed E-state index contributed by atoms with van der Waals surface area (Å²) < 4.78 is 1.97. The molecule has 1 aromatic carbocycles. The van der Waals surface area contributed by atoms with Crippen LogP contribution in [0.1, 0.15) is 38.7 Å². The van der Waals surface area contributed by atoms with Crippen molar-refractivity contribution in [3.8, 4) is 0 Å². The Morgan fingerprint density at radius 2 is 2.04 bits per heavy atom. The SMILES string of the molecule is CC1(C)CC/C(=C\c2ccc(Cl)cc2)C[C@@]1(O)Cn1ccnc1.